The molecule has 0 aromatic heterocycles. The molecule has 0 saturated carbocycles. The van der Waals surface area contributed by atoms with E-state index in [1.54, 1.807) is 37.3 Å². The predicted molar refractivity (Wildman–Crippen MR) is 85.4 cm³/mol. The van der Waals surface area contributed by atoms with Crippen molar-refractivity contribution in [1.29, 1.82) is 0 Å². The Morgan fingerprint density at radius 2 is 1.52 bits per heavy atom. The van der Waals surface area contributed by atoms with E-state index in [0.29, 0.717) is 16.7 Å². The highest BCUT2D eigenvalue weighted by atomic mass is 16.1. The molecule has 0 saturated heterocycles. The first kappa shape index (κ1) is 14.7. The summed E-state index contributed by atoms with van der Waals surface area (Å²) in [6.45, 7) is 5.33. The van der Waals surface area contributed by atoms with Gasteiger partial charge in [0.2, 0.25) is 0 Å². The van der Waals surface area contributed by atoms with Gasteiger partial charge in [0, 0.05) is 11.1 Å². The Balaban J connectivity index is 2.10. The first-order chi connectivity index (χ1) is 10.1. The quantitative estimate of drug-likeness (QED) is 0.601. The van der Waals surface area contributed by atoms with Crippen LogP contribution in [0, 0.1) is 0 Å². The number of allylic oxidation sites excluding steroid dienone is 2. The summed E-state index contributed by atoms with van der Waals surface area (Å²) in [7, 11) is 0. The molecular formula is C19H16O2. The Morgan fingerprint density at radius 3 is 2.10 bits per heavy atom. The van der Waals surface area contributed by atoms with Crippen LogP contribution in [0.1, 0.15) is 33.2 Å². The molecule has 2 nitrogen and oxygen atoms in total. The maximum absolute atomic E-state index is 11.9. The average molecular weight is 276 g/mol. The number of carbonyl (C=O) groups is 2. The second kappa shape index (κ2) is 6.62. The van der Waals surface area contributed by atoms with Gasteiger partial charge in [-0.25, -0.2) is 0 Å². The lowest BCUT2D eigenvalue weighted by Gasteiger charge is -2.00. The van der Waals surface area contributed by atoms with Gasteiger partial charge in [-0.15, -0.1) is 0 Å². The van der Waals surface area contributed by atoms with E-state index >= 15 is 0 Å². The number of hydrogen-bond donors (Lipinski definition) is 0. The summed E-state index contributed by atoms with van der Waals surface area (Å²) in [6, 6.07) is 16.2. The molecule has 0 spiro atoms. The third-order valence-corrected chi connectivity index (χ3v) is 3.05. The minimum atomic E-state index is -0.0640. The lowest BCUT2D eigenvalue weighted by atomic mass is 10.0. The second-order valence-electron chi connectivity index (χ2n) is 4.80. The van der Waals surface area contributed by atoms with Crippen molar-refractivity contribution in [3.05, 3.63) is 89.5 Å². The van der Waals surface area contributed by atoms with Crippen molar-refractivity contribution < 1.29 is 9.59 Å². The van der Waals surface area contributed by atoms with Gasteiger partial charge in [-0.2, -0.15) is 0 Å². The molecule has 0 aliphatic rings. The highest BCUT2D eigenvalue weighted by molar-refractivity contribution is 6.08. The van der Waals surface area contributed by atoms with Gasteiger partial charge in [0.05, 0.1) is 0 Å². The SMILES string of the molecule is C=C(C)C(=O)c1ccc(C=CC(=O)c2ccccc2)cc1. The molecule has 0 fully saturated rings. The Kier molecular flexibility index (Phi) is 4.62. The highest BCUT2D eigenvalue weighted by Gasteiger charge is 2.05. The van der Waals surface area contributed by atoms with E-state index in [-0.39, 0.29) is 11.6 Å². The van der Waals surface area contributed by atoms with Gasteiger partial charge in [0.1, 0.15) is 0 Å². The summed E-state index contributed by atoms with van der Waals surface area (Å²) >= 11 is 0. The average Bonchev–Trinajstić information content (AvgIpc) is 2.53. The Labute approximate surface area is 124 Å². The first-order valence-electron chi connectivity index (χ1n) is 6.65. The van der Waals surface area contributed by atoms with Gasteiger partial charge in [0.25, 0.3) is 0 Å². The van der Waals surface area contributed by atoms with Gasteiger partial charge in [-0.05, 0) is 24.1 Å². The summed E-state index contributed by atoms with van der Waals surface area (Å²) in [6.07, 6.45) is 3.27. The molecule has 0 N–H and O–H groups in total. The molecule has 0 atom stereocenters. The number of hydrogen-bond acceptors (Lipinski definition) is 2. The fourth-order valence-electron chi connectivity index (χ4n) is 1.86. The summed E-state index contributed by atoms with van der Waals surface area (Å²) < 4.78 is 0. The van der Waals surface area contributed by atoms with Crippen molar-refractivity contribution in [2.45, 2.75) is 6.92 Å². The maximum Gasteiger partial charge on any atom is 0.188 e. The number of Topliss-reactive ketones (excluding diaryl/α,β-unsaturated/α-hetero) is 1. The van der Waals surface area contributed by atoms with Gasteiger partial charge < -0.3 is 0 Å². The summed E-state index contributed by atoms with van der Waals surface area (Å²) in [4.78, 5) is 23.7. The zero-order valence-electron chi connectivity index (χ0n) is 11.9. The van der Waals surface area contributed by atoms with Crippen molar-refractivity contribution in [1.82, 2.24) is 0 Å². The molecule has 0 aliphatic carbocycles. The molecule has 21 heavy (non-hydrogen) atoms. The molecule has 0 unspecified atom stereocenters. The van der Waals surface area contributed by atoms with Crippen molar-refractivity contribution in [2.24, 2.45) is 0 Å². The molecule has 0 heterocycles. The fourth-order valence-corrected chi connectivity index (χ4v) is 1.86. The van der Waals surface area contributed by atoms with Crippen LogP contribution in [0.3, 0.4) is 0 Å². The molecule has 0 amide bonds. The summed E-state index contributed by atoms with van der Waals surface area (Å²) in [5, 5.41) is 0. The second-order valence-corrected chi connectivity index (χ2v) is 4.80. The van der Waals surface area contributed by atoms with Crippen molar-refractivity contribution in [3.63, 3.8) is 0 Å². The molecule has 2 aromatic rings. The Bertz CT molecular complexity index is 692. The molecule has 0 radical (unpaired) electrons. The van der Waals surface area contributed by atoms with Crippen LogP contribution in [0.4, 0.5) is 0 Å². The van der Waals surface area contributed by atoms with E-state index in [4.69, 9.17) is 0 Å². The highest BCUT2D eigenvalue weighted by Crippen LogP contribution is 2.11. The van der Waals surface area contributed by atoms with Crippen molar-refractivity contribution >= 4 is 17.6 Å². The van der Waals surface area contributed by atoms with Crippen LogP contribution < -0.4 is 0 Å². The van der Waals surface area contributed by atoms with E-state index in [2.05, 4.69) is 6.58 Å². The van der Waals surface area contributed by atoms with Gasteiger partial charge in [-0.1, -0.05) is 67.3 Å². The molecule has 104 valence electrons. The number of benzene rings is 2. The van der Waals surface area contributed by atoms with E-state index < -0.39 is 0 Å². The van der Waals surface area contributed by atoms with Crippen molar-refractivity contribution in [3.8, 4) is 0 Å². The van der Waals surface area contributed by atoms with Crippen LogP contribution in [-0.2, 0) is 0 Å². The monoisotopic (exact) mass is 276 g/mol. The van der Waals surface area contributed by atoms with Crippen LogP contribution in [0.2, 0.25) is 0 Å². The molecular weight excluding hydrogens is 260 g/mol. The third kappa shape index (κ3) is 3.86. The van der Waals surface area contributed by atoms with Crippen LogP contribution in [0.25, 0.3) is 6.08 Å². The van der Waals surface area contributed by atoms with E-state index in [1.807, 2.05) is 30.3 Å². The van der Waals surface area contributed by atoms with Gasteiger partial charge in [0.15, 0.2) is 11.6 Å². The molecule has 2 aromatic carbocycles. The summed E-state index contributed by atoms with van der Waals surface area (Å²) in [5.74, 6) is -0.108. The molecule has 0 aliphatic heterocycles. The predicted octanol–water partition coefficient (Wildman–Crippen LogP) is 4.34. The van der Waals surface area contributed by atoms with Crippen LogP contribution in [0.15, 0.2) is 72.8 Å². The van der Waals surface area contributed by atoms with E-state index in [9.17, 15) is 9.59 Å². The van der Waals surface area contributed by atoms with Gasteiger partial charge >= 0.3 is 0 Å². The molecule has 2 heteroatoms. The topological polar surface area (TPSA) is 34.1 Å². The summed E-state index contributed by atoms with van der Waals surface area (Å²) in [5.41, 5.74) is 2.65. The van der Waals surface area contributed by atoms with Gasteiger partial charge in [-0.3, -0.25) is 9.59 Å². The molecule has 2 rings (SSSR count). The zero-order chi connectivity index (χ0) is 15.2. The third-order valence-electron chi connectivity index (χ3n) is 3.05. The minimum Gasteiger partial charge on any atom is -0.289 e. The smallest absolute Gasteiger partial charge is 0.188 e. The lowest BCUT2D eigenvalue weighted by molar-refractivity contribution is 0.103. The van der Waals surface area contributed by atoms with E-state index in [1.165, 1.54) is 6.08 Å². The number of rotatable bonds is 5. The largest absolute Gasteiger partial charge is 0.289 e. The first-order valence-corrected chi connectivity index (χ1v) is 6.65. The van der Waals surface area contributed by atoms with Crippen LogP contribution in [-0.4, -0.2) is 11.6 Å². The fraction of sp³-hybridized carbons (Fsp3) is 0.0526. The number of carbonyl (C=O) groups excluding carboxylic acids is 2. The van der Waals surface area contributed by atoms with E-state index in [0.717, 1.165) is 5.56 Å². The lowest BCUT2D eigenvalue weighted by Crippen LogP contribution is -1.98. The van der Waals surface area contributed by atoms with Crippen LogP contribution >= 0.6 is 0 Å². The zero-order valence-corrected chi connectivity index (χ0v) is 11.9. The normalized spacial score (nSPS) is 10.5. The van der Waals surface area contributed by atoms with Crippen LogP contribution in [0.5, 0.6) is 0 Å². The number of ketones is 2. The Hall–Kier alpha value is -2.74. The maximum atomic E-state index is 11.9. The Morgan fingerprint density at radius 1 is 0.905 bits per heavy atom. The minimum absolute atomic E-state index is 0.0438. The van der Waals surface area contributed by atoms with Crippen molar-refractivity contribution in [2.75, 3.05) is 0 Å². The molecule has 0 bridgehead atoms. The standard InChI is InChI=1S/C19H16O2/c1-14(2)19(21)17-11-8-15(9-12-17)10-13-18(20)16-6-4-3-5-7-16/h3-13H,1H2,2H3.